The maximum atomic E-state index is 12.5. The minimum absolute atomic E-state index is 0.134. The Morgan fingerprint density at radius 3 is 2.50 bits per heavy atom. The van der Waals surface area contributed by atoms with Crippen LogP contribution in [0, 0.1) is 0 Å². The third-order valence-electron chi connectivity index (χ3n) is 2.95. The van der Waals surface area contributed by atoms with E-state index in [4.69, 9.17) is 9.47 Å². The van der Waals surface area contributed by atoms with Crippen LogP contribution in [0.25, 0.3) is 0 Å². The zero-order valence-corrected chi connectivity index (χ0v) is 12.4. The van der Waals surface area contributed by atoms with Gasteiger partial charge >= 0.3 is 0 Å². The fraction of sp³-hybridized carbons (Fsp3) is 0.333. The first-order valence-corrected chi connectivity index (χ1v) is 7.80. The second kappa shape index (κ2) is 5.52. The average Bonchev–Trinajstić information content (AvgIpc) is 2.76. The van der Waals surface area contributed by atoms with Crippen LogP contribution in [0.2, 0.25) is 0 Å². The molecule has 20 heavy (non-hydrogen) atoms. The molecule has 0 bridgehead atoms. The molecule has 1 heterocycles. The fourth-order valence-electron chi connectivity index (χ4n) is 1.98. The van der Waals surface area contributed by atoms with Gasteiger partial charge in [-0.2, -0.15) is 0 Å². The number of sulfone groups is 1. The van der Waals surface area contributed by atoms with E-state index in [1.807, 2.05) is 0 Å². The van der Waals surface area contributed by atoms with Crippen LogP contribution in [0.1, 0.15) is 13.8 Å². The van der Waals surface area contributed by atoms with Gasteiger partial charge in [0.25, 0.3) is 0 Å². The van der Waals surface area contributed by atoms with Crippen LogP contribution in [0.5, 0.6) is 0 Å². The van der Waals surface area contributed by atoms with Crippen molar-refractivity contribution in [2.75, 3.05) is 6.61 Å². The molecule has 0 radical (unpaired) electrons. The quantitative estimate of drug-likeness (QED) is 0.801. The van der Waals surface area contributed by atoms with Crippen LogP contribution in [0.15, 0.2) is 58.9 Å². The van der Waals surface area contributed by atoms with E-state index < -0.39 is 21.7 Å². The number of benzene rings is 1. The topological polar surface area (TPSA) is 52.6 Å². The number of allylic oxidation sites excluding steroid dienone is 1. The number of ether oxygens (including phenoxy) is 2. The molecule has 0 saturated carbocycles. The summed E-state index contributed by atoms with van der Waals surface area (Å²) in [5.41, 5.74) is 0. The van der Waals surface area contributed by atoms with E-state index >= 15 is 0 Å². The predicted molar refractivity (Wildman–Crippen MR) is 76.8 cm³/mol. The van der Waals surface area contributed by atoms with Gasteiger partial charge in [0.1, 0.15) is 6.10 Å². The smallest absolute Gasteiger partial charge is 0.206 e. The standard InChI is InChI=1S/C15H18O4S/c1-4-13(10-12-11-18-15(2,3)19-12)20(16,17)14-8-6-5-7-9-14/h4-10,12H,1,11H2,2-3H3/b13-10-/t12-/m0/s1. The summed E-state index contributed by atoms with van der Waals surface area (Å²) in [6.45, 7) is 7.50. The number of rotatable bonds is 4. The summed E-state index contributed by atoms with van der Waals surface area (Å²) in [6.07, 6.45) is 2.48. The first-order valence-electron chi connectivity index (χ1n) is 6.31. The van der Waals surface area contributed by atoms with Gasteiger partial charge in [-0.15, -0.1) is 0 Å². The fourth-order valence-corrected chi connectivity index (χ4v) is 3.32. The van der Waals surface area contributed by atoms with Gasteiger partial charge in [0.05, 0.1) is 16.4 Å². The lowest BCUT2D eigenvalue weighted by molar-refractivity contribution is -0.133. The molecule has 5 heteroatoms. The molecule has 1 aromatic rings. The van der Waals surface area contributed by atoms with Gasteiger partial charge in [-0.25, -0.2) is 8.42 Å². The van der Waals surface area contributed by atoms with Crippen LogP contribution in [0.3, 0.4) is 0 Å². The largest absolute Gasteiger partial charge is 0.347 e. The van der Waals surface area contributed by atoms with E-state index in [2.05, 4.69) is 6.58 Å². The SMILES string of the molecule is C=C/C(=C/[C@H]1COC(C)(C)O1)S(=O)(=O)c1ccccc1. The van der Waals surface area contributed by atoms with Crippen molar-refractivity contribution in [2.45, 2.75) is 30.6 Å². The van der Waals surface area contributed by atoms with E-state index in [0.29, 0.717) is 6.61 Å². The summed E-state index contributed by atoms with van der Waals surface area (Å²) in [5, 5.41) is 0. The van der Waals surface area contributed by atoms with Crippen LogP contribution < -0.4 is 0 Å². The van der Waals surface area contributed by atoms with E-state index in [0.717, 1.165) is 0 Å². The maximum absolute atomic E-state index is 12.5. The second-order valence-corrected chi connectivity index (χ2v) is 6.91. The molecule has 0 N–H and O–H groups in total. The summed E-state index contributed by atoms with van der Waals surface area (Å²) in [7, 11) is -3.57. The summed E-state index contributed by atoms with van der Waals surface area (Å²) < 4.78 is 36.0. The molecule has 0 amide bonds. The third-order valence-corrected chi connectivity index (χ3v) is 4.76. The second-order valence-electron chi connectivity index (χ2n) is 4.96. The first kappa shape index (κ1) is 15.0. The minimum atomic E-state index is -3.57. The molecule has 2 rings (SSSR count). The lowest BCUT2D eigenvalue weighted by Gasteiger charge is -2.16. The maximum Gasteiger partial charge on any atom is 0.206 e. The van der Waals surface area contributed by atoms with Crippen molar-refractivity contribution in [1.29, 1.82) is 0 Å². The van der Waals surface area contributed by atoms with Gasteiger partial charge in [-0.05, 0) is 32.1 Å². The molecular formula is C15H18O4S. The Hall–Kier alpha value is -1.43. The Balaban J connectivity index is 2.31. The molecule has 0 unspecified atom stereocenters. The van der Waals surface area contributed by atoms with Crippen LogP contribution in [0.4, 0.5) is 0 Å². The lowest BCUT2D eigenvalue weighted by Crippen LogP contribution is -2.21. The van der Waals surface area contributed by atoms with Gasteiger partial charge in [-0.1, -0.05) is 30.9 Å². The van der Waals surface area contributed by atoms with Crippen LogP contribution >= 0.6 is 0 Å². The summed E-state index contributed by atoms with van der Waals surface area (Å²) in [6, 6.07) is 8.26. The Bertz CT molecular complexity index is 615. The molecule has 1 aliphatic rings. The number of hydrogen-bond acceptors (Lipinski definition) is 4. The van der Waals surface area contributed by atoms with E-state index in [1.165, 1.54) is 6.08 Å². The molecule has 1 aliphatic heterocycles. The summed E-state index contributed by atoms with van der Waals surface area (Å²) in [4.78, 5) is 0.374. The molecule has 4 nitrogen and oxygen atoms in total. The Morgan fingerprint density at radius 1 is 1.35 bits per heavy atom. The summed E-state index contributed by atoms with van der Waals surface area (Å²) >= 11 is 0. The molecule has 1 saturated heterocycles. The van der Waals surface area contributed by atoms with Crippen molar-refractivity contribution < 1.29 is 17.9 Å². The van der Waals surface area contributed by atoms with E-state index in [9.17, 15) is 8.42 Å². The van der Waals surface area contributed by atoms with Crippen LogP contribution in [-0.4, -0.2) is 26.9 Å². The molecule has 1 aromatic carbocycles. The van der Waals surface area contributed by atoms with Crippen molar-refractivity contribution in [3.05, 3.63) is 54.0 Å². The van der Waals surface area contributed by atoms with Gasteiger partial charge in [0, 0.05) is 0 Å². The first-order chi connectivity index (χ1) is 9.35. The van der Waals surface area contributed by atoms with Crippen molar-refractivity contribution in [1.82, 2.24) is 0 Å². The van der Waals surface area contributed by atoms with Crippen molar-refractivity contribution in [2.24, 2.45) is 0 Å². The van der Waals surface area contributed by atoms with Crippen molar-refractivity contribution in [3.8, 4) is 0 Å². The molecule has 0 aliphatic carbocycles. The van der Waals surface area contributed by atoms with Crippen molar-refractivity contribution >= 4 is 9.84 Å². The minimum Gasteiger partial charge on any atom is -0.347 e. The molecular weight excluding hydrogens is 276 g/mol. The monoisotopic (exact) mass is 294 g/mol. The molecule has 0 spiro atoms. The average molecular weight is 294 g/mol. The van der Waals surface area contributed by atoms with Gasteiger partial charge < -0.3 is 9.47 Å². The van der Waals surface area contributed by atoms with E-state index in [1.54, 1.807) is 50.3 Å². The predicted octanol–water partition coefficient (Wildman–Crippen LogP) is 2.68. The third kappa shape index (κ3) is 3.17. The van der Waals surface area contributed by atoms with Crippen LogP contribution in [-0.2, 0) is 19.3 Å². The van der Waals surface area contributed by atoms with E-state index in [-0.39, 0.29) is 9.80 Å². The molecule has 108 valence electrons. The van der Waals surface area contributed by atoms with Gasteiger partial charge in [0.2, 0.25) is 9.84 Å². The highest BCUT2D eigenvalue weighted by Crippen LogP contribution is 2.26. The lowest BCUT2D eigenvalue weighted by atomic mass is 10.3. The highest BCUT2D eigenvalue weighted by molar-refractivity contribution is 7.95. The Morgan fingerprint density at radius 2 is 2.00 bits per heavy atom. The molecule has 1 atom stereocenters. The van der Waals surface area contributed by atoms with Crippen molar-refractivity contribution in [3.63, 3.8) is 0 Å². The molecule has 1 fully saturated rings. The zero-order valence-electron chi connectivity index (χ0n) is 11.6. The Kier molecular flexibility index (Phi) is 4.13. The van der Waals surface area contributed by atoms with Gasteiger partial charge in [0.15, 0.2) is 5.79 Å². The normalized spacial score (nSPS) is 22.7. The Labute approximate surface area is 119 Å². The molecule has 0 aromatic heterocycles. The summed E-state index contributed by atoms with van der Waals surface area (Å²) in [5.74, 6) is -0.691. The van der Waals surface area contributed by atoms with Gasteiger partial charge in [-0.3, -0.25) is 0 Å². The zero-order chi connectivity index (χ0) is 14.8. The highest BCUT2D eigenvalue weighted by atomic mass is 32.2. The highest BCUT2D eigenvalue weighted by Gasteiger charge is 2.32. The number of hydrogen-bond donors (Lipinski definition) is 0.